The number of likely N-dealkylation sites (tertiary alicyclic amines) is 1. The van der Waals surface area contributed by atoms with E-state index in [0.29, 0.717) is 12.5 Å². The zero-order chi connectivity index (χ0) is 18.5. The number of ether oxygens (including phenoxy) is 2. The van der Waals surface area contributed by atoms with E-state index < -0.39 is 0 Å². The van der Waals surface area contributed by atoms with Crippen LogP contribution in [0.2, 0.25) is 0 Å². The van der Waals surface area contributed by atoms with Gasteiger partial charge in [-0.2, -0.15) is 0 Å². The van der Waals surface area contributed by atoms with Crippen molar-refractivity contribution in [1.29, 1.82) is 0 Å². The quantitative estimate of drug-likeness (QED) is 0.660. The van der Waals surface area contributed by atoms with Crippen LogP contribution < -0.4 is 0 Å². The number of rotatable bonds is 7. The maximum absolute atomic E-state index is 6.32. The summed E-state index contributed by atoms with van der Waals surface area (Å²) in [5.41, 5.74) is 1.24. The predicted octanol–water partition coefficient (Wildman–Crippen LogP) is 4.43. The van der Waals surface area contributed by atoms with E-state index >= 15 is 0 Å². The van der Waals surface area contributed by atoms with E-state index in [1.807, 2.05) is 23.6 Å². The fraction of sp³-hybridized carbons (Fsp3) is 0.591. The minimum absolute atomic E-state index is 0.0968. The molecule has 2 fully saturated rings. The van der Waals surface area contributed by atoms with Crippen LogP contribution in [0.3, 0.4) is 0 Å². The average Bonchev–Trinajstić information content (AvgIpc) is 3.28. The van der Waals surface area contributed by atoms with E-state index in [4.69, 9.17) is 9.47 Å². The molecule has 0 unspecified atom stereocenters. The smallest absolute Gasteiger partial charge is 0.0736 e. The van der Waals surface area contributed by atoms with Crippen LogP contribution in [0.4, 0.5) is 0 Å². The fourth-order valence-electron chi connectivity index (χ4n) is 4.52. The second-order valence-electron chi connectivity index (χ2n) is 7.89. The van der Waals surface area contributed by atoms with Gasteiger partial charge in [0.15, 0.2) is 0 Å². The number of thiophene rings is 1. The molecule has 146 valence electrons. The second kappa shape index (κ2) is 8.82. The molecule has 4 nitrogen and oxygen atoms in total. The summed E-state index contributed by atoms with van der Waals surface area (Å²) in [5, 5.41) is 0. The summed E-state index contributed by atoms with van der Waals surface area (Å²) < 4.78 is 12.2. The number of pyridine rings is 1. The third-order valence-corrected chi connectivity index (χ3v) is 7.07. The van der Waals surface area contributed by atoms with E-state index in [2.05, 4.69) is 35.0 Å². The molecule has 2 aliphatic rings. The summed E-state index contributed by atoms with van der Waals surface area (Å²) in [6.45, 7) is 7.94. The molecular formula is C22H30N2O2S. The van der Waals surface area contributed by atoms with Crippen molar-refractivity contribution in [1.82, 2.24) is 9.88 Å². The summed E-state index contributed by atoms with van der Waals surface area (Å²) in [5.74, 6) is 0.637. The zero-order valence-corrected chi connectivity index (χ0v) is 17.0. The number of nitrogens with zero attached hydrogens (tertiary/aromatic N) is 2. The molecule has 0 radical (unpaired) electrons. The molecule has 2 aliphatic heterocycles. The molecule has 2 aromatic heterocycles. The summed E-state index contributed by atoms with van der Waals surface area (Å²) in [6, 6.07) is 8.54. The lowest BCUT2D eigenvalue weighted by molar-refractivity contribution is -0.0732. The first-order chi connectivity index (χ1) is 13.2. The maximum Gasteiger partial charge on any atom is 0.0736 e. The van der Waals surface area contributed by atoms with Gasteiger partial charge in [-0.1, -0.05) is 6.07 Å². The maximum atomic E-state index is 6.32. The van der Waals surface area contributed by atoms with Gasteiger partial charge in [-0.05, 0) is 62.3 Å². The lowest BCUT2D eigenvalue weighted by atomic mass is 9.78. The van der Waals surface area contributed by atoms with Crippen molar-refractivity contribution < 1.29 is 9.47 Å². The van der Waals surface area contributed by atoms with Gasteiger partial charge in [0.25, 0.3) is 0 Å². The summed E-state index contributed by atoms with van der Waals surface area (Å²) >= 11 is 1.92. The number of aromatic nitrogens is 1. The Hall–Kier alpha value is -1.27. The van der Waals surface area contributed by atoms with Crippen molar-refractivity contribution in [2.75, 3.05) is 26.3 Å². The van der Waals surface area contributed by atoms with Crippen LogP contribution in [0.5, 0.6) is 0 Å². The van der Waals surface area contributed by atoms with Crippen molar-refractivity contribution in [2.24, 2.45) is 5.92 Å². The Morgan fingerprint density at radius 3 is 2.93 bits per heavy atom. The van der Waals surface area contributed by atoms with Gasteiger partial charge in [0, 0.05) is 55.0 Å². The van der Waals surface area contributed by atoms with Crippen molar-refractivity contribution in [3.63, 3.8) is 0 Å². The van der Waals surface area contributed by atoms with E-state index in [1.54, 1.807) is 6.20 Å². The summed E-state index contributed by atoms with van der Waals surface area (Å²) in [4.78, 5) is 9.62. The van der Waals surface area contributed by atoms with Gasteiger partial charge in [0.1, 0.15) is 0 Å². The third kappa shape index (κ3) is 4.77. The summed E-state index contributed by atoms with van der Waals surface area (Å²) in [7, 11) is 0. The van der Waals surface area contributed by atoms with E-state index in [1.165, 1.54) is 16.2 Å². The lowest BCUT2D eigenvalue weighted by Crippen LogP contribution is -2.47. The molecule has 2 saturated heterocycles. The molecule has 0 aromatic carbocycles. The van der Waals surface area contributed by atoms with Gasteiger partial charge in [0.2, 0.25) is 0 Å². The van der Waals surface area contributed by atoms with Crippen LogP contribution in [-0.4, -0.2) is 41.8 Å². The first-order valence-electron chi connectivity index (χ1n) is 10.1. The van der Waals surface area contributed by atoms with Crippen LogP contribution in [-0.2, 0) is 22.6 Å². The Bertz CT molecular complexity index is 710. The minimum atomic E-state index is 0.0968. The molecule has 0 saturated carbocycles. The molecule has 0 aliphatic carbocycles. The van der Waals surface area contributed by atoms with Gasteiger partial charge >= 0.3 is 0 Å². The number of piperidine rings is 1. The molecule has 4 rings (SSSR count). The van der Waals surface area contributed by atoms with E-state index in [9.17, 15) is 0 Å². The Balaban J connectivity index is 1.23. The number of hydrogen-bond acceptors (Lipinski definition) is 5. The molecule has 0 amide bonds. The van der Waals surface area contributed by atoms with Crippen LogP contribution >= 0.6 is 11.3 Å². The number of aryl methyl sites for hydroxylation is 1. The Morgan fingerprint density at radius 1 is 1.30 bits per heavy atom. The van der Waals surface area contributed by atoms with Crippen LogP contribution in [0, 0.1) is 12.8 Å². The molecule has 1 atom stereocenters. The Labute approximate surface area is 166 Å². The highest BCUT2D eigenvalue weighted by Crippen LogP contribution is 2.42. The van der Waals surface area contributed by atoms with Crippen LogP contribution in [0.15, 0.2) is 36.7 Å². The number of hydrogen-bond donors (Lipinski definition) is 0. The zero-order valence-electron chi connectivity index (χ0n) is 16.2. The van der Waals surface area contributed by atoms with Gasteiger partial charge in [-0.25, -0.2) is 0 Å². The second-order valence-corrected chi connectivity index (χ2v) is 9.26. The van der Waals surface area contributed by atoms with Gasteiger partial charge in [0.05, 0.1) is 12.2 Å². The SMILES string of the molecule is Cc1ccc(CN2CCC3(CC2)OCC[C@@H]3CCOCc2cccnc2)s1. The molecule has 27 heavy (non-hydrogen) atoms. The lowest BCUT2D eigenvalue weighted by Gasteiger charge is -2.42. The third-order valence-electron chi connectivity index (χ3n) is 6.08. The molecule has 0 N–H and O–H groups in total. The highest BCUT2D eigenvalue weighted by atomic mass is 32.1. The molecule has 1 spiro atoms. The standard InChI is InChI=1S/C22H30N2O2S/c1-18-4-5-21(27-18)16-24-11-8-22(9-12-24)20(7-14-26-22)6-13-25-17-19-3-2-10-23-15-19/h2-5,10,15,20H,6-9,11-14,16-17H2,1H3/t20-/m0/s1. The first-order valence-corrected chi connectivity index (χ1v) is 10.9. The van der Waals surface area contributed by atoms with Crippen molar-refractivity contribution >= 4 is 11.3 Å². The van der Waals surface area contributed by atoms with Crippen molar-refractivity contribution in [3.8, 4) is 0 Å². The Morgan fingerprint density at radius 2 is 2.19 bits per heavy atom. The summed E-state index contributed by atoms with van der Waals surface area (Å²) in [6.07, 6.45) is 8.28. The topological polar surface area (TPSA) is 34.6 Å². The van der Waals surface area contributed by atoms with Crippen molar-refractivity contribution in [2.45, 2.75) is 51.4 Å². The van der Waals surface area contributed by atoms with E-state index in [-0.39, 0.29) is 5.60 Å². The highest BCUT2D eigenvalue weighted by molar-refractivity contribution is 7.11. The fourth-order valence-corrected chi connectivity index (χ4v) is 5.46. The van der Waals surface area contributed by atoms with Crippen LogP contribution in [0.1, 0.15) is 41.0 Å². The molecule has 0 bridgehead atoms. The first kappa shape index (κ1) is 19.1. The molecule has 2 aromatic rings. The minimum Gasteiger partial charge on any atom is -0.377 e. The highest BCUT2D eigenvalue weighted by Gasteiger charge is 2.45. The molecule has 5 heteroatoms. The monoisotopic (exact) mass is 386 g/mol. The molecule has 4 heterocycles. The Kier molecular flexibility index (Phi) is 6.23. The van der Waals surface area contributed by atoms with Crippen LogP contribution in [0.25, 0.3) is 0 Å². The van der Waals surface area contributed by atoms with Gasteiger partial charge in [-0.15, -0.1) is 11.3 Å². The van der Waals surface area contributed by atoms with Crippen molar-refractivity contribution in [3.05, 3.63) is 52.0 Å². The van der Waals surface area contributed by atoms with Gasteiger partial charge < -0.3 is 9.47 Å². The van der Waals surface area contributed by atoms with E-state index in [0.717, 1.165) is 57.7 Å². The van der Waals surface area contributed by atoms with Gasteiger partial charge in [-0.3, -0.25) is 9.88 Å². The largest absolute Gasteiger partial charge is 0.377 e. The normalized spacial score (nSPS) is 22.5. The average molecular weight is 387 g/mol. The predicted molar refractivity (Wildman–Crippen MR) is 109 cm³/mol. The molecular weight excluding hydrogens is 356 g/mol.